The summed E-state index contributed by atoms with van der Waals surface area (Å²) in [6.07, 6.45) is 1.23. The summed E-state index contributed by atoms with van der Waals surface area (Å²) in [5, 5.41) is 10.5. The Bertz CT molecular complexity index is 721. The lowest BCUT2D eigenvalue weighted by Crippen LogP contribution is -2.15. The Morgan fingerprint density at radius 2 is 2.05 bits per heavy atom. The first-order valence-electron chi connectivity index (χ1n) is 5.31. The van der Waals surface area contributed by atoms with Gasteiger partial charge in [-0.2, -0.15) is 0 Å². The Morgan fingerprint density at radius 1 is 1.35 bits per heavy atom. The molecule has 2 rings (SSSR count). The van der Waals surface area contributed by atoms with Gasteiger partial charge in [-0.3, -0.25) is 14.9 Å². The molecule has 0 aliphatic heterocycles. The van der Waals surface area contributed by atoms with Gasteiger partial charge < -0.3 is 5.73 Å². The summed E-state index contributed by atoms with van der Waals surface area (Å²) in [6, 6.07) is 5.05. The highest BCUT2D eigenvalue weighted by Gasteiger charge is 2.24. The molecule has 0 bridgehead atoms. The van der Waals surface area contributed by atoms with Crippen molar-refractivity contribution < 1.29 is 14.1 Å². The fourth-order valence-corrected chi connectivity index (χ4v) is 1.96. The van der Waals surface area contributed by atoms with Gasteiger partial charge in [0.1, 0.15) is 5.56 Å². The summed E-state index contributed by atoms with van der Waals surface area (Å²) in [6.45, 7) is 0. The highest BCUT2D eigenvalue weighted by atomic mass is 35.5. The van der Waals surface area contributed by atoms with E-state index in [4.69, 9.17) is 17.3 Å². The Kier molecular flexibility index (Phi) is 3.62. The van der Waals surface area contributed by atoms with Crippen molar-refractivity contribution in [1.29, 1.82) is 0 Å². The van der Waals surface area contributed by atoms with Crippen molar-refractivity contribution in [2.45, 2.75) is 0 Å². The van der Waals surface area contributed by atoms with E-state index in [1.165, 1.54) is 24.4 Å². The van der Waals surface area contributed by atoms with Crippen molar-refractivity contribution in [3.63, 3.8) is 0 Å². The van der Waals surface area contributed by atoms with Gasteiger partial charge in [0.05, 0.1) is 4.92 Å². The summed E-state index contributed by atoms with van der Waals surface area (Å²) < 4.78 is 13.9. The Hall–Kier alpha value is -2.54. The number of nitrogens with two attached hydrogens (primary N) is 1. The van der Waals surface area contributed by atoms with Gasteiger partial charge in [0, 0.05) is 23.4 Å². The third-order valence-corrected chi connectivity index (χ3v) is 2.89. The summed E-state index contributed by atoms with van der Waals surface area (Å²) in [5.41, 5.74) is 4.20. The number of hydrogen-bond acceptors (Lipinski definition) is 4. The molecular weight excluding hydrogens is 289 g/mol. The molecule has 0 aliphatic rings. The van der Waals surface area contributed by atoms with Gasteiger partial charge in [0.2, 0.25) is 0 Å². The first-order valence-corrected chi connectivity index (χ1v) is 5.69. The Labute approximate surface area is 117 Å². The van der Waals surface area contributed by atoms with Crippen LogP contribution in [-0.2, 0) is 0 Å². The molecule has 0 atom stereocenters. The van der Waals surface area contributed by atoms with Crippen molar-refractivity contribution in [1.82, 2.24) is 4.98 Å². The van der Waals surface area contributed by atoms with Gasteiger partial charge >= 0.3 is 0 Å². The number of aromatic nitrogens is 1. The second-order valence-electron chi connectivity index (χ2n) is 3.78. The average molecular weight is 296 g/mol. The van der Waals surface area contributed by atoms with E-state index in [0.717, 1.165) is 6.07 Å². The molecule has 20 heavy (non-hydrogen) atoms. The predicted molar refractivity (Wildman–Crippen MR) is 69.8 cm³/mol. The van der Waals surface area contributed by atoms with Gasteiger partial charge in [0.25, 0.3) is 11.6 Å². The minimum absolute atomic E-state index is 0.00602. The molecule has 1 aromatic heterocycles. The number of carbonyl (C=O) groups is 1. The number of nitrogens with zero attached hydrogens (tertiary/aromatic N) is 2. The lowest BCUT2D eigenvalue weighted by Gasteiger charge is -2.08. The van der Waals surface area contributed by atoms with E-state index >= 15 is 0 Å². The fraction of sp³-hybridized carbons (Fsp3) is 0. The van der Waals surface area contributed by atoms with Gasteiger partial charge in [-0.25, -0.2) is 9.37 Å². The number of hydrogen-bond donors (Lipinski definition) is 1. The molecule has 0 fully saturated rings. The summed E-state index contributed by atoms with van der Waals surface area (Å²) in [5.74, 6) is -1.91. The van der Waals surface area contributed by atoms with Crippen molar-refractivity contribution in [2.24, 2.45) is 5.73 Å². The van der Waals surface area contributed by atoms with Crippen LogP contribution in [0.5, 0.6) is 0 Å². The molecule has 0 radical (unpaired) electrons. The zero-order valence-electron chi connectivity index (χ0n) is 9.84. The van der Waals surface area contributed by atoms with Gasteiger partial charge in [-0.15, -0.1) is 0 Å². The largest absolute Gasteiger partial charge is 0.365 e. The molecule has 1 heterocycles. The molecule has 1 aromatic carbocycles. The molecule has 8 heteroatoms. The molecule has 2 N–H and O–H groups in total. The van der Waals surface area contributed by atoms with Crippen LogP contribution in [0.15, 0.2) is 30.5 Å². The minimum atomic E-state index is -1.03. The third kappa shape index (κ3) is 2.30. The number of rotatable bonds is 3. The van der Waals surface area contributed by atoms with Crippen molar-refractivity contribution in [3.05, 3.63) is 57.1 Å². The molecule has 0 unspecified atom stereocenters. The quantitative estimate of drug-likeness (QED) is 0.534. The molecule has 0 spiro atoms. The second-order valence-corrected chi connectivity index (χ2v) is 4.14. The molecule has 0 saturated heterocycles. The van der Waals surface area contributed by atoms with Crippen LogP contribution in [0.2, 0.25) is 5.15 Å². The number of pyridine rings is 1. The number of nitro benzene ring substituents is 1. The van der Waals surface area contributed by atoms with Crippen LogP contribution in [0.1, 0.15) is 10.4 Å². The normalized spacial score (nSPS) is 10.3. The SMILES string of the molecule is NC(=O)c1c(-c2ccnc(Cl)c2F)cccc1[N+](=O)[O-]. The van der Waals surface area contributed by atoms with Crippen LogP contribution in [0, 0.1) is 15.9 Å². The van der Waals surface area contributed by atoms with E-state index in [-0.39, 0.29) is 16.7 Å². The van der Waals surface area contributed by atoms with E-state index in [2.05, 4.69) is 4.98 Å². The number of benzene rings is 1. The van der Waals surface area contributed by atoms with Crippen LogP contribution in [0.4, 0.5) is 10.1 Å². The summed E-state index contributed by atoms with van der Waals surface area (Å²) in [7, 11) is 0. The van der Waals surface area contributed by atoms with E-state index in [0.29, 0.717) is 0 Å². The molecule has 2 aromatic rings. The lowest BCUT2D eigenvalue weighted by atomic mass is 9.98. The average Bonchev–Trinajstić information content (AvgIpc) is 2.40. The van der Waals surface area contributed by atoms with Crippen LogP contribution in [0.25, 0.3) is 11.1 Å². The summed E-state index contributed by atoms with van der Waals surface area (Å²) in [4.78, 5) is 25.2. The molecule has 0 saturated carbocycles. The Morgan fingerprint density at radius 3 is 2.65 bits per heavy atom. The third-order valence-electron chi connectivity index (χ3n) is 2.62. The molecule has 1 amide bonds. The molecular formula is C12H7ClFN3O3. The number of carbonyl (C=O) groups excluding carboxylic acids is 1. The van der Waals surface area contributed by atoms with Crippen molar-refractivity contribution >= 4 is 23.2 Å². The topological polar surface area (TPSA) is 99.1 Å². The first-order chi connectivity index (χ1) is 9.43. The lowest BCUT2D eigenvalue weighted by molar-refractivity contribution is -0.385. The zero-order valence-corrected chi connectivity index (χ0v) is 10.6. The summed E-state index contributed by atoms with van der Waals surface area (Å²) >= 11 is 5.56. The van der Waals surface area contributed by atoms with Crippen LogP contribution in [-0.4, -0.2) is 15.8 Å². The minimum Gasteiger partial charge on any atom is -0.365 e. The van der Waals surface area contributed by atoms with E-state index < -0.39 is 27.5 Å². The maximum atomic E-state index is 13.9. The fourth-order valence-electron chi connectivity index (χ4n) is 1.80. The highest BCUT2D eigenvalue weighted by Crippen LogP contribution is 2.33. The zero-order chi connectivity index (χ0) is 14.9. The molecule has 102 valence electrons. The highest BCUT2D eigenvalue weighted by molar-refractivity contribution is 6.29. The first kappa shape index (κ1) is 13.9. The van der Waals surface area contributed by atoms with Crippen molar-refractivity contribution in [2.75, 3.05) is 0 Å². The van der Waals surface area contributed by atoms with E-state index in [9.17, 15) is 19.3 Å². The monoisotopic (exact) mass is 295 g/mol. The van der Waals surface area contributed by atoms with Gasteiger partial charge in [-0.1, -0.05) is 23.7 Å². The maximum Gasteiger partial charge on any atom is 0.282 e. The van der Waals surface area contributed by atoms with Crippen LogP contribution in [0.3, 0.4) is 0 Å². The van der Waals surface area contributed by atoms with E-state index in [1.54, 1.807) is 0 Å². The smallest absolute Gasteiger partial charge is 0.282 e. The standard InChI is InChI=1S/C12H7ClFN3O3/c13-11-10(14)7(4-5-16-11)6-2-1-3-8(17(19)20)9(6)12(15)18/h1-5H,(H2,15,18). The van der Waals surface area contributed by atoms with Crippen LogP contribution < -0.4 is 5.73 Å². The second kappa shape index (κ2) is 5.22. The van der Waals surface area contributed by atoms with Crippen molar-refractivity contribution in [3.8, 4) is 11.1 Å². The Balaban J connectivity index is 2.81. The predicted octanol–water partition coefficient (Wildman–Crippen LogP) is 2.55. The number of nitro groups is 1. The maximum absolute atomic E-state index is 13.9. The van der Waals surface area contributed by atoms with E-state index in [1.807, 2.05) is 0 Å². The van der Waals surface area contributed by atoms with Gasteiger partial charge in [0.15, 0.2) is 11.0 Å². The number of halogens is 2. The number of primary amides is 1. The molecule has 0 aliphatic carbocycles. The van der Waals surface area contributed by atoms with Gasteiger partial charge in [-0.05, 0) is 6.07 Å². The number of amides is 1. The molecule has 6 nitrogen and oxygen atoms in total. The van der Waals surface area contributed by atoms with Crippen LogP contribution >= 0.6 is 11.6 Å².